The third-order valence-corrected chi connectivity index (χ3v) is 3.47. The van der Waals surface area contributed by atoms with Gasteiger partial charge in [0.1, 0.15) is 18.2 Å². The van der Waals surface area contributed by atoms with Crippen LogP contribution in [-0.4, -0.2) is 15.9 Å². The topological polar surface area (TPSA) is 72.0 Å². The van der Waals surface area contributed by atoms with Crippen molar-refractivity contribution in [2.45, 2.75) is 6.61 Å². The molecular weight excluding hydrogens is 323 g/mol. The molecular formula is C16H10ClFN2O3. The zero-order chi connectivity index (χ0) is 16.4. The van der Waals surface area contributed by atoms with Gasteiger partial charge in [0.25, 0.3) is 5.56 Å². The van der Waals surface area contributed by atoms with Crippen molar-refractivity contribution < 1.29 is 13.9 Å². The van der Waals surface area contributed by atoms with Crippen molar-refractivity contribution in [1.29, 1.82) is 0 Å². The van der Waals surface area contributed by atoms with Gasteiger partial charge in [-0.3, -0.25) is 4.79 Å². The molecule has 0 fully saturated rings. The van der Waals surface area contributed by atoms with E-state index >= 15 is 0 Å². The van der Waals surface area contributed by atoms with Crippen LogP contribution in [0.25, 0.3) is 10.9 Å². The number of nitrogens with one attached hydrogen (secondary N) is 1. The minimum absolute atomic E-state index is 0.0382. The van der Waals surface area contributed by atoms with Gasteiger partial charge in [0.05, 0.1) is 21.5 Å². The van der Waals surface area contributed by atoms with Crippen molar-refractivity contribution in [1.82, 2.24) is 9.97 Å². The van der Waals surface area contributed by atoms with Gasteiger partial charge < -0.3 is 9.72 Å². The van der Waals surface area contributed by atoms with Gasteiger partial charge in [0, 0.05) is 0 Å². The Morgan fingerprint density at radius 2 is 2.04 bits per heavy atom. The summed E-state index contributed by atoms with van der Waals surface area (Å²) in [7, 11) is 0. The van der Waals surface area contributed by atoms with Gasteiger partial charge in [-0.25, -0.2) is 14.2 Å². The monoisotopic (exact) mass is 332 g/mol. The smallest absolute Gasteiger partial charge is 0.340 e. The number of benzene rings is 2. The van der Waals surface area contributed by atoms with Gasteiger partial charge >= 0.3 is 5.97 Å². The molecule has 2 aromatic carbocycles. The van der Waals surface area contributed by atoms with Gasteiger partial charge in [-0.2, -0.15) is 0 Å². The fourth-order valence-electron chi connectivity index (χ4n) is 2.07. The molecule has 0 bridgehead atoms. The van der Waals surface area contributed by atoms with Gasteiger partial charge in [-0.15, -0.1) is 0 Å². The van der Waals surface area contributed by atoms with Crippen molar-refractivity contribution in [3.8, 4) is 0 Å². The molecule has 0 spiro atoms. The van der Waals surface area contributed by atoms with E-state index in [2.05, 4.69) is 9.97 Å². The Kier molecular flexibility index (Phi) is 4.08. The lowest BCUT2D eigenvalue weighted by Gasteiger charge is -2.06. The molecule has 0 aliphatic heterocycles. The molecule has 0 radical (unpaired) electrons. The molecule has 0 atom stereocenters. The second kappa shape index (κ2) is 6.18. The van der Waals surface area contributed by atoms with Gasteiger partial charge in [0.2, 0.25) is 0 Å². The van der Waals surface area contributed by atoms with E-state index in [1.54, 1.807) is 24.3 Å². The number of esters is 1. The molecule has 0 saturated carbocycles. The van der Waals surface area contributed by atoms with Crippen LogP contribution in [0.3, 0.4) is 0 Å². The van der Waals surface area contributed by atoms with Crippen LogP contribution in [0.2, 0.25) is 5.02 Å². The van der Waals surface area contributed by atoms with Gasteiger partial charge in [-0.1, -0.05) is 23.7 Å². The highest BCUT2D eigenvalue weighted by Gasteiger charge is 2.13. The predicted octanol–water partition coefficient (Wildman–Crippen LogP) is 3.07. The maximum absolute atomic E-state index is 13.0. The summed E-state index contributed by atoms with van der Waals surface area (Å²) in [5.41, 5.74) is 0.222. The fourth-order valence-corrected chi connectivity index (χ4v) is 2.31. The first-order valence-electron chi connectivity index (χ1n) is 6.65. The third kappa shape index (κ3) is 3.22. The van der Waals surface area contributed by atoms with Crippen molar-refractivity contribution in [2.24, 2.45) is 0 Å². The summed E-state index contributed by atoms with van der Waals surface area (Å²) in [5.74, 6) is -1.07. The molecule has 7 heteroatoms. The summed E-state index contributed by atoms with van der Waals surface area (Å²) < 4.78 is 18.0. The Labute approximate surface area is 134 Å². The fraction of sp³-hybridized carbons (Fsp3) is 0.0625. The Hall–Kier alpha value is -2.73. The number of rotatable bonds is 3. The van der Waals surface area contributed by atoms with Crippen LogP contribution < -0.4 is 5.56 Å². The molecule has 1 aromatic heterocycles. The molecule has 0 saturated heterocycles. The number of aromatic nitrogens is 2. The van der Waals surface area contributed by atoms with Crippen LogP contribution in [0.5, 0.6) is 0 Å². The second-order valence-electron chi connectivity index (χ2n) is 4.73. The van der Waals surface area contributed by atoms with E-state index in [4.69, 9.17) is 16.3 Å². The highest BCUT2D eigenvalue weighted by Crippen LogP contribution is 2.18. The quantitative estimate of drug-likeness (QED) is 0.748. The lowest BCUT2D eigenvalue weighted by atomic mass is 10.2. The standard InChI is InChI=1S/C16H10ClFN2O3/c17-12-7-9(18)5-6-10(12)16(22)23-8-14-19-13-4-2-1-3-11(13)15(21)20-14/h1-7H,8H2,(H,19,20,21). The molecule has 5 nitrogen and oxygen atoms in total. The number of carbonyl (C=O) groups excluding carboxylic acids is 1. The van der Waals surface area contributed by atoms with Crippen LogP contribution in [0.1, 0.15) is 16.2 Å². The number of para-hydroxylation sites is 1. The number of fused-ring (bicyclic) bond motifs is 1. The van der Waals surface area contributed by atoms with Gasteiger partial charge in [-0.05, 0) is 30.3 Å². The Morgan fingerprint density at radius 1 is 1.26 bits per heavy atom. The maximum Gasteiger partial charge on any atom is 0.340 e. The number of aromatic amines is 1. The predicted molar refractivity (Wildman–Crippen MR) is 82.9 cm³/mol. The van der Waals surface area contributed by atoms with E-state index < -0.39 is 11.8 Å². The average molecular weight is 333 g/mol. The number of carbonyl (C=O) groups is 1. The molecule has 0 aliphatic carbocycles. The lowest BCUT2D eigenvalue weighted by Crippen LogP contribution is -2.14. The minimum Gasteiger partial charge on any atom is -0.454 e. The molecule has 3 aromatic rings. The Balaban J connectivity index is 1.80. The minimum atomic E-state index is -0.731. The summed E-state index contributed by atoms with van der Waals surface area (Å²) in [4.78, 5) is 30.6. The molecule has 0 aliphatic rings. The number of halogens is 2. The second-order valence-corrected chi connectivity index (χ2v) is 5.14. The van der Waals surface area contributed by atoms with Crippen molar-refractivity contribution in [3.05, 3.63) is 75.0 Å². The summed E-state index contributed by atoms with van der Waals surface area (Å²) in [6.45, 7) is -0.230. The van der Waals surface area contributed by atoms with Crippen molar-refractivity contribution in [2.75, 3.05) is 0 Å². The highest BCUT2D eigenvalue weighted by molar-refractivity contribution is 6.33. The number of nitrogens with zero attached hydrogens (tertiary/aromatic N) is 1. The molecule has 116 valence electrons. The number of hydrogen-bond acceptors (Lipinski definition) is 4. The van der Waals surface area contributed by atoms with Crippen LogP contribution >= 0.6 is 11.6 Å². The highest BCUT2D eigenvalue weighted by atomic mass is 35.5. The van der Waals surface area contributed by atoms with E-state index in [9.17, 15) is 14.0 Å². The van der Waals surface area contributed by atoms with Crippen molar-refractivity contribution in [3.63, 3.8) is 0 Å². The maximum atomic E-state index is 13.0. The summed E-state index contributed by atoms with van der Waals surface area (Å²) in [6, 6.07) is 10.2. The molecule has 0 unspecified atom stereocenters. The van der Waals surface area contributed by atoms with E-state index in [0.29, 0.717) is 10.9 Å². The Bertz CT molecular complexity index is 955. The molecule has 1 heterocycles. The van der Waals surface area contributed by atoms with Gasteiger partial charge in [0.15, 0.2) is 0 Å². The van der Waals surface area contributed by atoms with Crippen LogP contribution in [0.15, 0.2) is 47.3 Å². The molecule has 3 rings (SSSR count). The zero-order valence-electron chi connectivity index (χ0n) is 11.7. The molecule has 1 N–H and O–H groups in total. The van der Waals surface area contributed by atoms with Crippen LogP contribution in [0, 0.1) is 5.82 Å². The molecule has 0 amide bonds. The summed E-state index contributed by atoms with van der Waals surface area (Å²) in [5, 5.41) is 0.402. The normalized spacial score (nSPS) is 10.7. The lowest BCUT2D eigenvalue weighted by molar-refractivity contribution is 0.0462. The van der Waals surface area contributed by atoms with Crippen LogP contribution in [-0.2, 0) is 11.3 Å². The third-order valence-electron chi connectivity index (χ3n) is 3.15. The van der Waals surface area contributed by atoms with Crippen molar-refractivity contribution >= 4 is 28.5 Å². The number of hydrogen-bond donors (Lipinski definition) is 1. The van der Waals surface area contributed by atoms with E-state index in [1.807, 2.05) is 0 Å². The average Bonchev–Trinajstić information content (AvgIpc) is 2.53. The Morgan fingerprint density at radius 3 is 2.83 bits per heavy atom. The number of ether oxygens (including phenoxy) is 1. The SMILES string of the molecule is O=C(OCc1nc2ccccc2c(=O)[nH]1)c1ccc(F)cc1Cl. The van der Waals surface area contributed by atoms with E-state index in [0.717, 1.165) is 12.1 Å². The number of H-pyrrole nitrogens is 1. The van der Waals surface area contributed by atoms with E-state index in [-0.39, 0.29) is 28.6 Å². The zero-order valence-corrected chi connectivity index (χ0v) is 12.4. The first-order chi connectivity index (χ1) is 11.0. The molecule has 23 heavy (non-hydrogen) atoms. The van der Waals surface area contributed by atoms with Crippen LogP contribution in [0.4, 0.5) is 4.39 Å². The first kappa shape index (κ1) is 15.2. The largest absolute Gasteiger partial charge is 0.454 e. The summed E-state index contributed by atoms with van der Waals surface area (Å²) >= 11 is 5.80. The summed E-state index contributed by atoms with van der Waals surface area (Å²) in [6.07, 6.45) is 0. The first-order valence-corrected chi connectivity index (χ1v) is 7.02. The van der Waals surface area contributed by atoms with E-state index in [1.165, 1.54) is 6.07 Å².